The van der Waals surface area contributed by atoms with Crippen LogP contribution in [0.2, 0.25) is 0 Å². The molecule has 0 aromatic rings. The number of aliphatic hydroxyl groups excluding tert-OH is 1. The summed E-state index contributed by atoms with van der Waals surface area (Å²) in [7, 11) is 0. The predicted octanol–water partition coefficient (Wildman–Crippen LogP) is 0.368. The van der Waals surface area contributed by atoms with Gasteiger partial charge in [0.05, 0.1) is 6.61 Å². The van der Waals surface area contributed by atoms with Crippen molar-refractivity contribution in [3.05, 3.63) is 0 Å². The van der Waals surface area contributed by atoms with Crippen LogP contribution in [-0.2, 0) is 0 Å². The molecule has 0 spiro atoms. The number of aliphatic hydroxyl groups is 2. The molecule has 0 atom stereocenters. The molecule has 14 heavy (non-hydrogen) atoms. The molecule has 1 rings (SSSR count). The minimum absolute atomic E-state index is 0.0650. The first-order valence-electron chi connectivity index (χ1n) is 4.51. The van der Waals surface area contributed by atoms with Gasteiger partial charge in [-0.15, -0.1) is 0 Å². The highest BCUT2D eigenvalue weighted by atomic mass is 19.4. The van der Waals surface area contributed by atoms with Crippen LogP contribution in [0.3, 0.4) is 0 Å². The van der Waals surface area contributed by atoms with Gasteiger partial charge in [0.15, 0.2) is 5.60 Å². The van der Waals surface area contributed by atoms with E-state index in [2.05, 4.69) is 0 Å². The zero-order chi connectivity index (χ0) is 10.8. The number of halogens is 3. The first-order valence-corrected chi connectivity index (χ1v) is 4.51. The maximum atomic E-state index is 12.3. The molecule has 3 nitrogen and oxygen atoms in total. The second-order valence-corrected chi connectivity index (χ2v) is 3.59. The molecule has 0 aromatic heterocycles. The first-order chi connectivity index (χ1) is 6.39. The van der Waals surface area contributed by atoms with Crippen molar-refractivity contribution in [2.24, 2.45) is 0 Å². The Balaban J connectivity index is 2.49. The largest absolute Gasteiger partial charge is 0.417 e. The third-order valence-corrected chi connectivity index (χ3v) is 2.63. The molecular formula is C8H14F3NO2. The Hall–Kier alpha value is -0.330. The molecule has 2 N–H and O–H groups in total. The maximum absolute atomic E-state index is 12.3. The van der Waals surface area contributed by atoms with E-state index in [0.717, 1.165) is 0 Å². The van der Waals surface area contributed by atoms with Gasteiger partial charge in [-0.25, -0.2) is 0 Å². The topological polar surface area (TPSA) is 43.7 Å². The van der Waals surface area contributed by atoms with E-state index in [9.17, 15) is 18.3 Å². The normalized spacial score (nSPS) is 23.8. The highest BCUT2D eigenvalue weighted by Gasteiger charge is 2.54. The van der Waals surface area contributed by atoms with Crippen molar-refractivity contribution in [1.29, 1.82) is 0 Å². The van der Waals surface area contributed by atoms with E-state index in [4.69, 9.17) is 5.11 Å². The molecule has 0 radical (unpaired) electrons. The van der Waals surface area contributed by atoms with Crippen molar-refractivity contribution in [3.63, 3.8) is 0 Å². The third-order valence-electron chi connectivity index (χ3n) is 2.63. The number of alkyl halides is 3. The monoisotopic (exact) mass is 213 g/mol. The fourth-order valence-electron chi connectivity index (χ4n) is 1.57. The van der Waals surface area contributed by atoms with E-state index in [1.165, 1.54) is 0 Å². The van der Waals surface area contributed by atoms with Gasteiger partial charge in [0.25, 0.3) is 0 Å². The van der Waals surface area contributed by atoms with Crippen LogP contribution < -0.4 is 0 Å². The van der Waals surface area contributed by atoms with Gasteiger partial charge in [0, 0.05) is 19.6 Å². The standard InChI is InChI=1S/C8H14F3NO2/c9-8(10,11)7(14)1-3-12(4-2-7)5-6-13/h13-14H,1-6H2. The molecule has 0 aliphatic carbocycles. The highest BCUT2D eigenvalue weighted by molar-refractivity contribution is 4.91. The summed E-state index contributed by atoms with van der Waals surface area (Å²) in [5, 5.41) is 17.9. The number of hydrogen-bond donors (Lipinski definition) is 2. The van der Waals surface area contributed by atoms with Crippen LogP contribution in [0.4, 0.5) is 13.2 Å². The summed E-state index contributed by atoms with van der Waals surface area (Å²) in [6.07, 6.45) is -5.16. The Morgan fingerprint density at radius 2 is 1.71 bits per heavy atom. The molecule has 0 amide bonds. The van der Waals surface area contributed by atoms with E-state index in [0.29, 0.717) is 6.54 Å². The Morgan fingerprint density at radius 1 is 1.21 bits per heavy atom. The number of β-amino-alcohol motifs (C(OH)–C–C–N with tert-alkyl or cyclic N) is 1. The van der Waals surface area contributed by atoms with Crippen LogP contribution in [0.25, 0.3) is 0 Å². The Labute approximate surface area is 80.1 Å². The molecule has 0 bridgehead atoms. The zero-order valence-electron chi connectivity index (χ0n) is 7.72. The Bertz CT molecular complexity index is 188. The summed E-state index contributed by atoms with van der Waals surface area (Å²) in [4.78, 5) is 1.71. The lowest BCUT2D eigenvalue weighted by atomic mass is 9.91. The van der Waals surface area contributed by atoms with Crippen molar-refractivity contribution in [3.8, 4) is 0 Å². The van der Waals surface area contributed by atoms with Gasteiger partial charge in [-0.3, -0.25) is 0 Å². The summed E-state index contributed by atoms with van der Waals surface area (Å²) < 4.78 is 37.0. The second kappa shape index (κ2) is 4.04. The molecule has 1 heterocycles. The van der Waals surface area contributed by atoms with Gasteiger partial charge in [-0.05, 0) is 12.8 Å². The van der Waals surface area contributed by atoms with Crippen LogP contribution in [-0.4, -0.2) is 53.1 Å². The van der Waals surface area contributed by atoms with Crippen molar-refractivity contribution < 1.29 is 23.4 Å². The van der Waals surface area contributed by atoms with E-state index < -0.39 is 11.8 Å². The number of likely N-dealkylation sites (tertiary alicyclic amines) is 1. The predicted molar refractivity (Wildman–Crippen MR) is 43.8 cm³/mol. The fraction of sp³-hybridized carbons (Fsp3) is 1.00. The first kappa shape index (κ1) is 11.7. The fourth-order valence-corrected chi connectivity index (χ4v) is 1.57. The molecule has 0 saturated carbocycles. The molecule has 0 aromatic carbocycles. The minimum atomic E-state index is -4.54. The number of rotatable bonds is 2. The van der Waals surface area contributed by atoms with E-state index in [1.807, 2.05) is 0 Å². The average Bonchev–Trinajstić information content (AvgIpc) is 2.08. The molecule has 1 aliphatic rings. The number of piperidine rings is 1. The number of hydrogen-bond acceptors (Lipinski definition) is 3. The third kappa shape index (κ3) is 2.37. The summed E-state index contributed by atoms with van der Waals surface area (Å²) in [6.45, 7) is 0.658. The lowest BCUT2D eigenvalue weighted by molar-refractivity contribution is -0.272. The van der Waals surface area contributed by atoms with Crippen molar-refractivity contribution in [2.45, 2.75) is 24.6 Å². The average molecular weight is 213 g/mol. The van der Waals surface area contributed by atoms with Gasteiger partial charge in [0.1, 0.15) is 0 Å². The highest BCUT2D eigenvalue weighted by Crippen LogP contribution is 2.38. The SMILES string of the molecule is OCCN1CCC(O)(C(F)(F)F)CC1. The summed E-state index contributed by atoms with van der Waals surface area (Å²) in [6, 6.07) is 0. The van der Waals surface area contributed by atoms with E-state index in [-0.39, 0.29) is 32.5 Å². The Morgan fingerprint density at radius 3 is 2.07 bits per heavy atom. The van der Waals surface area contributed by atoms with E-state index >= 15 is 0 Å². The minimum Gasteiger partial charge on any atom is -0.395 e. The summed E-state index contributed by atoms with van der Waals surface area (Å²) in [5.41, 5.74) is -2.53. The van der Waals surface area contributed by atoms with Crippen LogP contribution in [0.15, 0.2) is 0 Å². The molecule has 84 valence electrons. The molecule has 1 saturated heterocycles. The van der Waals surface area contributed by atoms with Crippen LogP contribution in [0.5, 0.6) is 0 Å². The van der Waals surface area contributed by atoms with Crippen LogP contribution in [0.1, 0.15) is 12.8 Å². The zero-order valence-corrected chi connectivity index (χ0v) is 7.72. The maximum Gasteiger partial charge on any atom is 0.417 e. The lowest BCUT2D eigenvalue weighted by Gasteiger charge is -2.38. The molecular weight excluding hydrogens is 199 g/mol. The van der Waals surface area contributed by atoms with Gasteiger partial charge >= 0.3 is 6.18 Å². The molecule has 1 fully saturated rings. The smallest absolute Gasteiger partial charge is 0.395 e. The van der Waals surface area contributed by atoms with E-state index in [1.54, 1.807) is 4.90 Å². The van der Waals surface area contributed by atoms with Gasteiger partial charge in [-0.1, -0.05) is 0 Å². The molecule has 1 aliphatic heterocycles. The molecule has 0 unspecified atom stereocenters. The van der Waals surface area contributed by atoms with Crippen LogP contribution in [0, 0.1) is 0 Å². The Kier molecular flexibility index (Phi) is 3.39. The second-order valence-electron chi connectivity index (χ2n) is 3.59. The van der Waals surface area contributed by atoms with Gasteiger partial charge in [-0.2, -0.15) is 13.2 Å². The number of nitrogens with zero attached hydrogens (tertiary/aromatic N) is 1. The van der Waals surface area contributed by atoms with Crippen molar-refractivity contribution in [1.82, 2.24) is 4.90 Å². The summed E-state index contributed by atoms with van der Waals surface area (Å²) in [5.74, 6) is 0. The van der Waals surface area contributed by atoms with Gasteiger partial charge in [0.2, 0.25) is 0 Å². The van der Waals surface area contributed by atoms with Crippen molar-refractivity contribution >= 4 is 0 Å². The lowest BCUT2D eigenvalue weighted by Crippen LogP contribution is -2.53. The van der Waals surface area contributed by atoms with Gasteiger partial charge < -0.3 is 15.1 Å². The molecule has 6 heteroatoms. The quantitative estimate of drug-likeness (QED) is 0.696. The van der Waals surface area contributed by atoms with Crippen LogP contribution >= 0.6 is 0 Å². The van der Waals surface area contributed by atoms with Crippen molar-refractivity contribution in [2.75, 3.05) is 26.2 Å². The summed E-state index contributed by atoms with van der Waals surface area (Å²) >= 11 is 0.